The number of likely N-dealkylation sites (tertiary alicyclic amines) is 1. The minimum Gasteiger partial charge on any atom is -0.342 e. The Bertz CT molecular complexity index is 782. The topological polar surface area (TPSA) is 46.1 Å². The first kappa shape index (κ1) is 17.2. The van der Waals surface area contributed by atoms with E-state index in [1.807, 2.05) is 12.4 Å². The number of carbonyl (C=O) groups excluding carboxylic acids is 1. The van der Waals surface area contributed by atoms with Gasteiger partial charge in [0.25, 0.3) is 0 Å². The number of hydrogen-bond donors (Lipinski definition) is 0. The first-order chi connectivity index (χ1) is 12.7. The molecule has 136 valence electrons. The van der Waals surface area contributed by atoms with Gasteiger partial charge in [0.15, 0.2) is 0 Å². The molecule has 1 aromatic carbocycles. The first-order valence-corrected chi connectivity index (χ1v) is 9.88. The molecule has 2 fully saturated rings. The van der Waals surface area contributed by atoms with Gasteiger partial charge in [0.05, 0.1) is 17.6 Å². The van der Waals surface area contributed by atoms with E-state index in [-0.39, 0.29) is 5.92 Å². The van der Waals surface area contributed by atoms with Crippen LogP contribution < -0.4 is 0 Å². The lowest BCUT2D eigenvalue weighted by molar-refractivity contribution is -0.136. The van der Waals surface area contributed by atoms with Crippen LogP contribution in [0.3, 0.4) is 0 Å². The Kier molecular flexibility index (Phi) is 5.00. The second-order valence-electron chi connectivity index (χ2n) is 7.80. The molecule has 4 rings (SSSR count). The second-order valence-corrected chi connectivity index (χ2v) is 7.80. The van der Waals surface area contributed by atoms with Crippen LogP contribution in [0.25, 0.3) is 11.3 Å². The molecule has 1 atom stereocenters. The molecule has 1 saturated heterocycles. The molecule has 0 unspecified atom stereocenters. The van der Waals surface area contributed by atoms with Crippen LogP contribution in [-0.4, -0.2) is 33.9 Å². The van der Waals surface area contributed by atoms with Crippen molar-refractivity contribution in [2.45, 2.75) is 51.4 Å². The number of aryl methyl sites for hydroxylation is 1. The highest BCUT2D eigenvalue weighted by atomic mass is 16.2. The summed E-state index contributed by atoms with van der Waals surface area (Å²) >= 11 is 0. The highest BCUT2D eigenvalue weighted by molar-refractivity contribution is 5.79. The quantitative estimate of drug-likeness (QED) is 0.828. The molecule has 2 heterocycles. The fourth-order valence-electron chi connectivity index (χ4n) is 4.37. The highest BCUT2D eigenvalue weighted by Crippen LogP contribution is 2.31. The number of benzene rings is 1. The van der Waals surface area contributed by atoms with E-state index in [1.165, 1.54) is 18.4 Å². The summed E-state index contributed by atoms with van der Waals surface area (Å²) in [5.41, 5.74) is 4.27. The third-order valence-corrected chi connectivity index (χ3v) is 5.82. The Morgan fingerprint density at radius 1 is 1.12 bits per heavy atom. The molecule has 1 aliphatic heterocycles. The summed E-state index contributed by atoms with van der Waals surface area (Å²) in [4.78, 5) is 24.2. The summed E-state index contributed by atoms with van der Waals surface area (Å²) in [7, 11) is 0. The number of rotatable bonds is 3. The molecule has 4 nitrogen and oxygen atoms in total. The minimum atomic E-state index is 0.262. The Balaban J connectivity index is 1.51. The third kappa shape index (κ3) is 3.64. The predicted molar refractivity (Wildman–Crippen MR) is 103 cm³/mol. The van der Waals surface area contributed by atoms with Gasteiger partial charge in [0, 0.05) is 36.7 Å². The molecule has 4 heteroatoms. The standard InChI is InChI=1S/C22H27N3O/c1-16-6-4-9-18(12-16)20-13-23-14-21(24-20)19-10-5-11-25(15-19)22(26)17-7-2-3-8-17/h4,6,9,12-14,17,19H,2-3,5,7-8,10-11,15H2,1H3/t19-/m0/s1. The van der Waals surface area contributed by atoms with Crippen LogP contribution in [0, 0.1) is 12.8 Å². The third-order valence-electron chi connectivity index (χ3n) is 5.82. The lowest BCUT2D eigenvalue weighted by Gasteiger charge is -2.34. The maximum atomic E-state index is 12.8. The lowest BCUT2D eigenvalue weighted by atomic mass is 9.93. The van der Waals surface area contributed by atoms with Crippen LogP contribution in [0.2, 0.25) is 0 Å². The molecule has 1 amide bonds. The van der Waals surface area contributed by atoms with Crippen molar-refractivity contribution in [3.8, 4) is 11.3 Å². The lowest BCUT2D eigenvalue weighted by Crippen LogP contribution is -2.42. The molecule has 1 saturated carbocycles. The molecule has 0 spiro atoms. The predicted octanol–water partition coefficient (Wildman–Crippen LogP) is 4.35. The summed E-state index contributed by atoms with van der Waals surface area (Å²) in [6.07, 6.45) is 10.4. The van der Waals surface area contributed by atoms with Gasteiger partial charge in [-0.3, -0.25) is 9.78 Å². The van der Waals surface area contributed by atoms with Crippen molar-refractivity contribution in [3.63, 3.8) is 0 Å². The van der Waals surface area contributed by atoms with E-state index < -0.39 is 0 Å². The van der Waals surface area contributed by atoms with Crippen molar-refractivity contribution in [1.29, 1.82) is 0 Å². The van der Waals surface area contributed by atoms with Gasteiger partial charge in [-0.25, -0.2) is 4.98 Å². The summed E-state index contributed by atoms with van der Waals surface area (Å²) < 4.78 is 0. The molecular formula is C22H27N3O. The molecule has 0 N–H and O–H groups in total. The van der Waals surface area contributed by atoms with Gasteiger partial charge in [-0.15, -0.1) is 0 Å². The molecule has 2 aromatic rings. The monoisotopic (exact) mass is 349 g/mol. The summed E-state index contributed by atoms with van der Waals surface area (Å²) in [6.45, 7) is 3.78. The zero-order valence-electron chi connectivity index (χ0n) is 15.5. The van der Waals surface area contributed by atoms with Gasteiger partial charge in [0.1, 0.15) is 0 Å². The first-order valence-electron chi connectivity index (χ1n) is 9.88. The summed E-state index contributed by atoms with van der Waals surface area (Å²) in [6, 6.07) is 8.37. The van der Waals surface area contributed by atoms with E-state index in [0.717, 1.165) is 55.7 Å². The van der Waals surface area contributed by atoms with Gasteiger partial charge >= 0.3 is 0 Å². The average Bonchev–Trinajstić information content (AvgIpc) is 3.22. The van der Waals surface area contributed by atoms with Crippen LogP contribution in [0.4, 0.5) is 0 Å². The molecule has 1 aliphatic carbocycles. The van der Waals surface area contributed by atoms with Crippen molar-refractivity contribution < 1.29 is 4.79 Å². The van der Waals surface area contributed by atoms with Gasteiger partial charge in [0.2, 0.25) is 5.91 Å². The van der Waals surface area contributed by atoms with Gasteiger partial charge in [-0.2, -0.15) is 0 Å². The molecule has 26 heavy (non-hydrogen) atoms. The number of piperidine rings is 1. The van der Waals surface area contributed by atoms with Crippen molar-refractivity contribution in [2.24, 2.45) is 5.92 Å². The van der Waals surface area contributed by atoms with E-state index in [0.29, 0.717) is 11.8 Å². The summed E-state index contributed by atoms with van der Waals surface area (Å²) in [5, 5.41) is 0. The van der Waals surface area contributed by atoms with E-state index in [9.17, 15) is 4.79 Å². The zero-order valence-corrected chi connectivity index (χ0v) is 15.5. The van der Waals surface area contributed by atoms with Crippen LogP contribution in [0.1, 0.15) is 55.7 Å². The van der Waals surface area contributed by atoms with Crippen LogP contribution in [-0.2, 0) is 4.79 Å². The normalized spacial score (nSPS) is 21.1. The van der Waals surface area contributed by atoms with E-state index in [1.54, 1.807) is 0 Å². The molecule has 0 bridgehead atoms. The summed E-state index contributed by atoms with van der Waals surface area (Å²) in [5.74, 6) is 0.930. The molecular weight excluding hydrogens is 322 g/mol. The van der Waals surface area contributed by atoms with Gasteiger partial charge < -0.3 is 4.90 Å². The SMILES string of the molecule is Cc1cccc(-c2cncc([C@H]3CCCN(C(=O)C4CCCC4)C3)n2)c1. The number of aromatic nitrogens is 2. The van der Waals surface area contributed by atoms with Crippen molar-refractivity contribution in [1.82, 2.24) is 14.9 Å². The Morgan fingerprint density at radius 2 is 1.96 bits per heavy atom. The van der Waals surface area contributed by atoms with Crippen LogP contribution in [0.15, 0.2) is 36.7 Å². The van der Waals surface area contributed by atoms with Crippen LogP contribution in [0.5, 0.6) is 0 Å². The Labute approximate surface area is 155 Å². The van der Waals surface area contributed by atoms with Crippen molar-refractivity contribution in [3.05, 3.63) is 47.9 Å². The number of amides is 1. The Morgan fingerprint density at radius 3 is 2.77 bits per heavy atom. The van der Waals surface area contributed by atoms with Crippen molar-refractivity contribution in [2.75, 3.05) is 13.1 Å². The minimum absolute atomic E-state index is 0.262. The highest BCUT2D eigenvalue weighted by Gasteiger charge is 2.31. The smallest absolute Gasteiger partial charge is 0.225 e. The number of carbonyl (C=O) groups is 1. The molecule has 0 radical (unpaired) electrons. The van der Waals surface area contributed by atoms with Gasteiger partial charge in [-0.05, 0) is 38.7 Å². The fraction of sp³-hybridized carbons (Fsp3) is 0.500. The van der Waals surface area contributed by atoms with E-state index in [2.05, 4.69) is 41.1 Å². The second kappa shape index (κ2) is 7.56. The largest absolute Gasteiger partial charge is 0.342 e. The average molecular weight is 349 g/mol. The zero-order chi connectivity index (χ0) is 17.9. The van der Waals surface area contributed by atoms with Crippen molar-refractivity contribution >= 4 is 5.91 Å². The maximum Gasteiger partial charge on any atom is 0.225 e. The number of hydrogen-bond acceptors (Lipinski definition) is 3. The van der Waals surface area contributed by atoms with Crippen LogP contribution >= 0.6 is 0 Å². The maximum absolute atomic E-state index is 12.8. The van der Waals surface area contributed by atoms with E-state index in [4.69, 9.17) is 4.98 Å². The van der Waals surface area contributed by atoms with E-state index >= 15 is 0 Å². The van der Waals surface area contributed by atoms with Gasteiger partial charge in [-0.1, -0.05) is 36.6 Å². The Hall–Kier alpha value is -2.23. The fourth-order valence-corrected chi connectivity index (χ4v) is 4.37. The molecule has 2 aliphatic rings. The molecule has 1 aromatic heterocycles. The number of nitrogens with zero attached hydrogens (tertiary/aromatic N) is 3.